The molecule has 0 aliphatic heterocycles. The Morgan fingerprint density at radius 3 is 2.80 bits per heavy atom. The highest BCUT2D eigenvalue weighted by molar-refractivity contribution is 9.10. The molecule has 0 fully saturated rings. The Morgan fingerprint density at radius 1 is 1.47 bits per heavy atom. The van der Waals surface area contributed by atoms with Crippen LogP contribution in [0.2, 0.25) is 0 Å². The third-order valence-corrected chi connectivity index (χ3v) is 2.68. The van der Waals surface area contributed by atoms with E-state index in [-0.39, 0.29) is 5.82 Å². The van der Waals surface area contributed by atoms with Crippen LogP contribution in [0.15, 0.2) is 35.1 Å². The van der Waals surface area contributed by atoms with Crippen molar-refractivity contribution in [2.24, 2.45) is 0 Å². The van der Waals surface area contributed by atoms with Gasteiger partial charge >= 0.3 is 0 Å². The van der Waals surface area contributed by atoms with Crippen molar-refractivity contribution in [3.8, 4) is 5.69 Å². The molecule has 2 nitrogen and oxygen atoms in total. The third-order valence-electron chi connectivity index (χ3n) is 1.96. The van der Waals surface area contributed by atoms with Gasteiger partial charge in [0.05, 0.1) is 10.7 Å². The third kappa shape index (κ3) is 2.21. The molecule has 0 aliphatic rings. The average Bonchev–Trinajstić information content (AvgIpc) is 2.64. The largest absolute Gasteiger partial charge is 0.237 e. The summed E-state index contributed by atoms with van der Waals surface area (Å²) in [6.07, 6.45) is 3.30. The predicted molar refractivity (Wildman–Crippen MR) is 60.8 cm³/mol. The average molecular weight is 290 g/mol. The van der Waals surface area contributed by atoms with Gasteiger partial charge in [-0.1, -0.05) is 6.07 Å². The molecule has 0 saturated carbocycles. The van der Waals surface area contributed by atoms with Crippen molar-refractivity contribution in [1.82, 2.24) is 9.78 Å². The molecule has 0 N–H and O–H groups in total. The minimum absolute atomic E-state index is 0.306. The van der Waals surface area contributed by atoms with Crippen LogP contribution in [0.25, 0.3) is 5.69 Å². The van der Waals surface area contributed by atoms with Crippen molar-refractivity contribution in [1.29, 1.82) is 0 Å². The molecule has 0 radical (unpaired) electrons. The SMILES string of the molecule is Fc1cc(CCl)ccc1-n1cc(Br)cn1. The maximum atomic E-state index is 13.6. The van der Waals surface area contributed by atoms with E-state index in [4.69, 9.17) is 11.6 Å². The fraction of sp³-hybridized carbons (Fsp3) is 0.100. The van der Waals surface area contributed by atoms with E-state index in [1.165, 1.54) is 10.7 Å². The highest BCUT2D eigenvalue weighted by Gasteiger charge is 2.06. The Bertz CT molecular complexity index is 484. The van der Waals surface area contributed by atoms with E-state index in [2.05, 4.69) is 21.0 Å². The van der Waals surface area contributed by atoms with Crippen LogP contribution in [0, 0.1) is 5.82 Å². The van der Waals surface area contributed by atoms with E-state index in [0.717, 1.165) is 10.0 Å². The van der Waals surface area contributed by atoms with Crippen LogP contribution in [0.4, 0.5) is 4.39 Å². The molecule has 0 atom stereocenters. The van der Waals surface area contributed by atoms with Gasteiger partial charge in [-0.15, -0.1) is 11.6 Å². The summed E-state index contributed by atoms with van der Waals surface area (Å²) < 4.78 is 15.9. The van der Waals surface area contributed by atoms with Gasteiger partial charge in [-0.05, 0) is 33.6 Å². The van der Waals surface area contributed by atoms with Gasteiger partial charge in [-0.3, -0.25) is 0 Å². The molecule has 0 bridgehead atoms. The van der Waals surface area contributed by atoms with Gasteiger partial charge in [0.25, 0.3) is 0 Å². The van der Waals surface area contributed by atoms with E-state index in [1.54, 1.807) is 24.5 Å². The van der Waals surface area contributed by atoms with Crippen LogP contribution in [0.5, 0.6) is 0 Å². The molecule has 1 aromatic heterocycles. The number of rotatable bonds is 2. The summed E-state index contributed by atoms with van der Waals surface area (Å²) in [5, 5.41) is 4.00. The number of hydrogen-bond donors (Lipinski definition) is 0. The van der Waals surface area contributed by atoms with E-state index in [1.807, 2.05) is 0 Å². The van der Waals surface area contributed by atoms with Gasteiger partial charge in [0.1, 0.15) is 11.5 Å². The van der Waals surface area contributed by atoms with Crippen LogP contribution in [-0.4, -0.2) is 9.78 Å². The van der Waals surface area contributed by atoms with Crippen LogP contribution in [-0.2, 0) is 5.88 Å². The molecule has 2 aromatic rings. The quantitative estimate of drug-likeness (QED) is 0.774. The zero-order valence-electron chi connectivity index (χ0n) is 7.62. The Morgan fingerprint density at radius 2 is 2.27 bits per heavy atom. The van der Waals surface area contributed by atoms with Crippen LogP contribution < -0.4 is 0 Å². The number of aromatic nitrogens is 2. The fourth-order valence-corrected chi connectivity index (χ4v) is 1.70. The van der Waals surface area contributed by atoms with Crippen molar-refractivity contribution in [3.05, 3.63) is 46.4 Å². The summed E-state index contributed by atoms with van der Waals surface area (Å²) >= 11 is 8.86. The maximum absolute atomic E-state index is 13.6. The van der Waals surface area contributed by atoms with Crippen molar-refractivity contribution < 1.29 is 4.39 Å². The van der Waals surface area contributed by atoms with E-state index in [9.17, 15) is 4.39 Å². The molecule has 0 saturated heterocycles. The minimum atomic E-state index is -0.330. The van der Waals surface area contributed by atoms with Crippen LogP contribution in [0.1, 0.15) is 5.56 Å². The fourth-order valence-electron chi connectivity index (χ4n) is 1.25. The van der Waals surface area contributed by atoms with E-state index in [0.29, 0.717) is 11.6 Å². The zero-order valence-corrected chi connectivity index (χ0v) is 9.96. The molecule has 78 valence electrons. The molecule has 1 aromatic carbocycles. The Balaban J connectivity index is 2.45. The molecule has 5 heteroatoms. The highest BCUT2D eigenvalue weighted by Crippen LogP contribution is 2.17. The van der Waals surface area contributed by atoms with Crippen molar-refractivity contribution in [3.63, 3.8) is 0 Å². The van der Waals surface area contributed by atoms with Gasteiger partial charge in [0, 0.05) is 12.1 Å². The monoisotopic (exact) mass is 288 g/mol. The van der Waals surface area contributed by atoms with Gasteiger partial charge in [-0.25, -0.2) is 9.07 Å². The number of benzene rings is 1. The molecule has 0 aliphatic carbocycles. The minimum Gasteiger partial charge on any atom is -0.237 e. The molecule has 0 spiro atoms. The van der Waals surface area contributed by atoms with Crippen molar-refractivity contribution in [2.75, 3.05) is 0 Å². The van der Waals surface area contributed by atoms with Gasteiger partial charge < -0.3 is 0 Å². The summed E-state index contributed by atoms with van der Waals surface area (Å²) in [6.45, 7) is 0. The van der Waals surface area contributed by atoms with Gasteiger partial charge in [-0.2, -0.15) is 5.10 Å². The Kier molecular flexibility index (Phi) is 3.07. The summed E-state index contributed by atoms with van der Waals surface area (Å²) in [5.41, 5.74) is 1.17. The second kappa shape index (κ2) is 4.33. The maximum Gasteiger partial charge on any atom is 0.149 e. The molecule has 0 unspecified atom stereocenters. The zero-order chi connectivity index (χ0) is 10.8. The normalized spacial score (nSPS) is 10.6. The standard InChI is InChI=1S/C10H7BrClFN2/c11-8-5-14-15(6-8)10-2-1-7(4-12)3-9(10)13/h1-3,5-6H,4H2. The Hall–Kier alpha value is -0.870. The molecular formula is C10H7BrClFN2. The first-order chi connectivity index (χ1) is 7.20. The molecule has 2 rings (SSSR count). The van der Waals surface area contributed by atoms with Crippen molar-refractivity contribution >= 4 is 27.5 Å². The smallest absolute Gasteiger partial charge is 0.149 e. The van der Waals surface area contributed by atoms with E-state index >= 15 is 0 Å². The second-order valence-electron chi connectivity index (χ2n) is 3.02. The second-order valence-corrected chi connectivity index (χ2v) is 4.21. The van der Waals surface area contributed by atoms with Crippen LogP contribution >= 0.6 is 27.5 Å². The summed E-state index contributed by atoms with van der Waals surface area (Å²) in [6, 6.07) is 4.85. The van der Waals surface area contributed by atoms with Crippen LogP contribution in [0.3, 0.4) is 0 Å². The first kappa shape index (κ1) is 10.6. The lowest BCUT2D eigenvalue weighted by Crippen LogP contribution is -1.98. The lowest BCUT2D eigenvalue weighted by atomic mass is 10.2. The number of halogens is 3. The lowest BCUT2D eigenvalue weighted by molar-refractivity contribution is 0.609. The van der Waals surface area contributed by atoms with E-state index < -0.39 is 0 Å². The number of nitrogens with zero attached hydrogens (tertiary/aromatic N) is 2. The molecule has 15 heavy (non-hydrogen) atoms. The molecular weight excluding hydrogens is 282 g/mol. The van der Waals surface area contributed by atoms with Gasteiger partial charge in [0.15, 0.2) is 0 Å². The summed E-state index contributed by atoms with van der Waals surface area (Å²) in [4.78, 5) is 0. The molecule has 1 heterocycles. The topological polar surface area (TPSA) is 17.8 Å². The predicted octanol–water partition coefficient (Wildman–Crippen LogP) is 3.51. The van der Waals surface area contributed by atoms with Gasteiger partial charge in [0.2, 0.25) is 0 Å². The lowest BCUT2D eigenvalue weighted by Gasteiger charge is -2.04. The molecule has 0 amide bonds. The highest BCUT2D eigenvalue weighted by atomic mass is 79.9. The number of hydrogen-bond acceptors (Lipinski definition) is 1. The summed E-state index contributed by atoms with van der Waals surface area (Å²) in [5.74, 6) is -0.0243. The first-order valence-electron chi connectivity index (χ1n) is 4.25. The summed E-state index contributed by atoms with van der Waals surface area (Å²) in [7, 11) is 0. The first-order valence-corrected chi connectivity index (χ1v) is 5.58. The Labute approximate surface area is 99.8 Å². The number of alkyl halides is 1. The van der Waals surface area contributed by atoms with Crippen molar-refractivity contribution in [2.45, 2.75) is 5.88 Å².